The van der Waals surface area contributed by atoms with E-state index in [0.717, 1.165) is 11.1 Å². The van der Waals surface area contributed by atoms with Gasteiger partial charge in [0.05, 0.1) is 0 Å². The molecule has 0 bridgehead atoms. The molecular weight excluding hydrogens is 250 g/mol. The van der Waals surface area contributed by atoms with Crippen LogP contribution in [-0.2, 0) is 0 Å². The minimum Gasteiger partial charge on any atom is -0.366 e. The second-order valence-corrected chi connectivity index (χ2v) is 4.33. The Kier molecular flexibility index (Phi) is 3.97. The van der Waals surface area contributed by atoms with E-state index in [9.17, 15) is 9.59 Å². The van der Waals surface area contributed by atoms with E-state index in [-0.39, 0.29) is 5.78 Å². The van der Waals surface area contributed by atoms with Crippen molar-refractivity contribution < 1.29 is 9.59 Å². The first kappa shape index (κ1) is 13.6. The van der Waals surface area contributed by atoms with Crippen LogP contribution in [0.5, 0.6) is 0 Å². The predicted octanol–water partition coefficient (Wildman–Crippen LogP) is 2.39. The standard InChI is InChI=1S/C17H13NO2/c1-12(19)15-8-4-13(5-9-15)2-3-14-6-10-16(11-7-14)17(18)20/h4-11H,1H3,(H2,18,20). The number of amides is 1. The zero-order chi connectivity index (χ0) is 14.5. The summed E-state index contributed by atoms with van der Waals surface area (Å²) in [5.74, 6) is 5.57. The summed E-state index contributed by atoms with van der Waals surface area (Å²) in [4.78, 5) is 22.1. The van der Waals surface area contributed by atoms with Crippen LogP contribution in [0, 0.1) is 11.8 Å². The molecule has 98 valence electrons. The van der Waals surface area contributed by atoms with Crippen LogP contribution in [0.1, 0.15) is 38.8 Å². The topological polar surface area (TPSA) is 60.2 Å². The van der Waals surface area contributed by atoms with Crippen molar-refractivity contribution >= 4 is 11.7 Å². The van der Waals surface area contributed by atoms with Crippen molar-refractivity contribution in [2.45, 2.75) is 6.92 Å². The van der Waals surface area contributed by atoms with Gasteiger partial charge in [-0.15, -0.1) is 0 Å². The Morgan fingerprint density at radius 1 is 0.800 bits per heavy atom. The van der Waals surface area contributed by atoms with E-state index in [1.807, 2.05) is 12.1 Å². The van der Waals surface area contributed by atoms with Gasteiger partial charge in [-0.2, -0.15) is 0 Å². The van der Waals surface area contributed by atoms with Crippen molar-refractivity contribution in [1.82, 2.24) is 0 Å². The number of nitrogens with two attached hydrogens (primary N) is 1. The number of carbonyl (C=O) groups excluding carboxylic acids is 2. The Balaban J connectivity index is 2.17. The van der Waals surface area contributed by atoms with Gasteiger partial charge in [-0.25, -0.2) is 0 Å². The molecular formula is C17H13NO2. The maximum absolute atomic E-state index is 11.1. The Bertz CT molecular complexity index is 640. The third kappa shape index (κ3) is 3.33. The highest BCUT2D eigenvalue weighted by Crippen LogP contribution is 2.05. The van der Waals surface area contributed by atoms with Crippen molar-refractivity contribution in [2.24, 2.45) is 5.73 Å². The van der Waals surface area contributed by atoms with Crippen molar-refractivity contribution in [2.75, 3.05) is 0 Å². The SMILES string of the molecule is CC(=O)c1ccc(C#Cc2ccc(C(N)=O)cc2)cc1. The molecule has 0 fully saturated rings. The molecule has 0 radical (unpaired) electrons. The van der Waals surface area contributed by atoms with E-state index in [2.05, 4.69) is 11.8 Å². The molecule has 0 aliphatic heterocycles. The molecule has 0 aromatic heterocycles. The van der Waals surface area contributed by atoms with E-state index < -0.39 is 5.91 Å². The van der Waals surface area contributed by atoms with Crippen LogP contribution in [-0.4, -0.2) is 11.7 Å². The van der Waals surface area contributed by atoms with Gasteiger partial charge in [-0.05, 0) is 43.3 Å². The molecule has 0 atom stereocenters. The fourth-order valence-corrected chi connectivity index (χ4v) is 1.65. The molecule has 0 saturated carbocycles. The van der Waals surface area contributed by atoms with E-state index in [4.69, 9.17) is 5.73 Å². The summed E-state index contributed by atoms with van der Waals surface area (Å²) in [6, 6.07) is 13.9. The first-order chi connectivity index (χ1) is 9.56. The van der Waals surface area contributed by atoms with Crippen LogP contribution in [0.15, 0.2) is 48.5 Å². The zero-order valence-electron chi connectivity index (χ0n) is 11.0. The van der Waals surface area contributed by atoms with Gasteiger partial charge >= 0.3 is 0 Å². The first-order valence-electron chi connectivity index (χ1n) is 6.09. The van der Waals surface area contributed by atoms with E-state index in [0.29, 0.717) is 11.1 Å². The molecule has 2 rings (SSSR count). The van der Waals surface area contributed by atoms with E-state index >= 15 is 0 Å². The maximum atomic E-state index is 11.1. The third-order valence-corrected chi connectivity index (χ3v) is 2.81. The third-order valence-electron chi connectivity index (χ3n) is 2.81. The van der Waals surface area contributed by atoms with Crippen LogP contribution in [0.4, 0.5) is 0 Å². The number of rotatable bonds is 2. The molecule has 3 nitrogen and oxygen atoms in total. The Morgan fingerprint density at radius 3 is 1.55 bits per heavy atom. The lowest BCUT2D eigenvalue weighted by atomic mass is 10.1. The Morgan fingerprint density at radius 2 is 1.20 bits per heavy atom. The maximum Gasteiger partial charge on any atom is 0.248 e. The lowest BCUT2D eigenvalue weighted by Crippen LogP contribution is -2.10. The lowest BCUT2D eigenvalue weighted by molar-refractivity contribution is 0.0996. The molecule has 1 amide bonds. The van der Waals surface area contributed by atoms with Gasteiger partial charge < -0.3 is 5.73 Å². The highest BCUT2D eigenvalue weighted by atomic mass is 16.1. The number of primary amides is 1. The molecule has 2 aromatic carbocycles. The van der Waals surface area contributed by atoms with Gasteiger partial charge in [0.2, 0.25) is 5.91 Å². The first-order valence-corrected chi connectivity index (χ1v) is 6.09. The normalized spacial score (nSPS) is 9.45. The highest BCUT2D eigenvalue weighted by Gasteiger charge is 1.98. The van der Waals surface area contributed by atoms with Crippen LogP contribution in [0.2, 0.25) is 0 Å². The van der Waals surface area contributed by atoms with Crippen molar-refractivity contribution in [3.63, 3.8) is 0 Å². The molecule has 2 N–H and O–H groups in total. The molecule has 20 heavy (non-hydrogen) atoms. The monoisotopic (exact) mass is 263 g/mol. The summed E-state index contributed by atoms with van der Waals surface area (Å²) in [5, 5.41) is 0. The minimum absolute atomic E-state index is 0.0338. The smallest absolute Gasteiger partial charge is 0.248 e. The van der Waals surface area contributed by atoms with Crippen LogP contribution >= 0.6 is 0 Å². The molecule has 0 spiro atoms. The summed E-state index contributed by atoms with van der Waals surface area (Å²) in [5.41, 5.74) is 7.92. The Hall–Kier alpha value is -2.86. The van der Waals surface area contributed by atoms with Crippen LogP contribution in [0.25, 0.3) is 0 Å². The molecule has 3 heteroatoms. The van der Waals surface area contributed by atoms with Gasteiger partial charge in [0, 0.05) is 22.3 Å². The molecule has 0 aliphatic carbocycles. The second-order valence-electron chi connectivity index (χ2n) is 4.33. The van der Waals surface area contributed by atoms with Gasteiger partial charge in [-0.1, -0.05) is 24.0 Å². The fourth-order valence-electron chi connectivity index (χ4n) is 1.65. The summed E-state index contributed by atoms with van der Waals surface area (Å²) in [6.07, 6.45) is 0. The quantitative estimate of drug-likeness (QED) is 0.668. The zero-order valence-corrected chi connectivity index (χ0v) is 11.0. The summed E-state index contributed by atoms with van der Waals surface area (Å²) < 4.78 is 0. The molecule has 0 unspecified atom stereocenters. The molecule has 0 heterocycles. The van der Waals surface area contributed by atoms with Crippen molar-refractivity contribution in [3.05, 3.63) is 70.8 Å². The molecule has 0 saturated heterocycles. The van der Waals surface area contributed by atoms with Crippen LogP contribution in [0.3, 0.4) is 0 Å². The number of hydrogen-bond acceptors (Lipinski definition) is 2. The number of benzene rings is 2. The average Bonchev–Trinajstić information content (AvgIpc) is 2.46. The molecule has 0 aliphatic rings. The predicted molar refractivity (Wildman–Crippen MR) is 77.4 cm³/mol. The second kappa shape index (κ2) is 5.85. The van der Waals surface area contributed by atoms with Gasteiger partial charge in [0.1, 0.15) is 0 Å². The largest absolute Gasteiger partial charge is 0.366 e. The van der Waals surface area contributed by atoms with E-state index in [1.165, 1.54) is 6.92 Å². The summed E-state index contributed by atoms with van der Waals surface area (Å²) >= 11 is 0. The molecule has 2 aromatic rings. The number of carbonyl (C=O) groups is 2. The van der Waals surface area contributed by atoms with Gasteiger partial charge in [-0.3, -0.25) is 9.59 Å². The Labute approximate surface area is 117 Å². The van der Waals surface area contributed by atoms with Gasteiger partial charge in [0.15, 0.2) is 5.78 Å². The lowest BCUT2D eigenvalue weighted by Gasteiger charge is -1.96. The van der Waals surface area contributed by atoms with Crippen LogP contribution < -0.4 is 5.73 Å². The average molecular weight is 263 g/mol. The van der Waals surface area contributed by atoms with Gasteiger partial charge in [0.25, 0.3) is 0 Å². The van der Waals surface area contributed by atoms with Crippen molar-refractivity contribution in [3.8, 4) is 11.8 Å². The number of hydrogen-bond donors (Lipinski definition) is 1. The van der Waals surface area contributed by atoms with E-state index in [1.54, 1.807) is 36.4 Å². The number of ketones is 1. The fraction of sp³-hybridized carbons (Fsp3) is 0.0588. The summed E-state index contributed by atoms with van der Waals surface area (Å²) in [7, 11) is 0. The summed E-state index contributed by atoms with van der Waals surface area (Å²) in [6.45, 7) is 1.53. The number of Topliss-reactive ketones (excluding diaryl/α,β-unsaturated/α-hetero) is 1. The minimum atomic E-state index is -0.454. The van der Waals surface area contributed by atoms with Crippen molar-refractivity contribution in [1.29, 1.82) is 0 Å². The highest BCUT2D eigenvalue weighted by molar-refractivity contribution is 5.94.